The van der Waals surface area contributed by atoms with Crippen LogP contribution in [0.4, 0.5) is 4.39 Å². The summed E-state index contributed by atoms with van der Waals surface area (Å²) in [6.45, 7) is 1.59. The van der Waals surface area contributed by atoms with Gasteiger partial charge in [0.15, 0.2) is 12.4 Å². The van der Waals surface area contributed by atoms with E-state index in [1.165, 1.54) is 6.07 Å². The van der Waals surface area contributed by atoms with Gasteiger partial charge in [-0.2, -0.15) is 10.2 Å². The fourth-order valence-electron chi connectivity index (χ4n) is 2.17. The zero-order chi connectivity index (χ0) is 15.5. The van der Waals surface area contributed by atoms with E-state index in [1.807, 2.05) is 30.3 Å². The van der Waals surface area contributed by atoms with E-state index >= 15 is 0 Å². The van der Waals surface area contributed by atoms with Gasteiger partial charge in [0.1, 0.15) is 11.9 Å². The smallest absolute Gasteiger partial charge is 0.226 e. The molecule has 1 heterocycles. The van der Waals surface area contributed by atoms with Crippen molar-refractivity contribution in [1.82, 2.24) is 9.97 Å². The van der Waals surface area contributed by atoms with Crippen LogP contribution in [0.25, 0.3) is 22.3 Å². The number of fused-ring (bicyclic) bond motifs is 1. The molecule has 0 spiro atoms. The topological polar surface area (TPSA) is 58.8 Å². The van der Waals surface area contributed by atoms with Crippen LogP contribution in [-0.2, 0) is 0 Å². The largest absolute Gasteiger partial charge is 0.462 e. The van der Waals surface area contributed by atoms with Crippen LogP contribution in [0.5, 0.6) is 5.88 Å². The van der Waals surface area contributed by atoms with Gasteiger partial charge in [-0.1, -0.05) is 12.1 Å². The third kappa shape index (κ3) is 2.59. The van der Waals surface area contributed by atoms with E-state index in [0.717, 1.165) is 5.39 Å². The molecule has 0 bridgehead atoms. The average molecular weight is 293 g/mol. The summed E-state index contributed by atoms with van der Waals surface area (Å²) >= 11 is 0. The summed E-state index contributed by atoms with van der Waals surface area (Å²) in [7, 11) is 0. The Hall–Kier alpha value is -3.00. The summed E-state index contributed by atoms with van der Waals surface area (Å²) in [5.74, 6) is 0.518. The van der Waals surface area contributed by atoms with Gasteiger partial charge < -0.3 is 4.74 Å². The van der Waals surface area contributed by atoms with Crippen molar-refractivity contribution in [3.8, 4) is 23.3 Å². The van der Waals surface area contributed by atoms with Crippen LogP contribution in [0.3, 0.4) is 0 Å². The second-order valence-electron chi connectivity index (χ2n) is 4.78. The van der Waals surface area contributed by atoms with Crippen molar-refractivity contribution in [1.29, 1.82) is 5.26 Å². The van der Waals surface area contributed by atoms with Crippen LogP contribution in [0.2, 0.25) is 0 Å². The molecule has 0 saturated carbocycles. The Bertz CT molecular complexity index is 887. The van der Waals surface area contributed by atoms with Gasteiger partial charge in [-0.25, -0.2) is 9.37 Å². The molecule has 0 atom stereocenters. The monoisotopic (exact) mass is 293 g/mol. The zero-order valence-electron chi connectivity index (χ0n) is 11.9. The van der Waals surface area contributed by atoms with Gasteiger partial charge in [0.25, 0.3) is 0 Å². The lowest BCUT2D eigenvalue weighted by Crippen LogP contribution is -2.00. The summed E-state index contributed by atoms with van der Waals surface area (Å²) in [6.07, 6.45) is 0. The first-order chi connectivity index (χ1) is 10.7. The number of ether oxygens (including phenoxy) is 1. The van der Waals surface area contributed by atoms with E-state index < -0.39 is 0 Å². The molecule has 108 valence electrons. The maximum atomic E-state index is 13.4. The molecular formula is C17H12FN3O. The number of para-hydroxylation sites is 1. The molecule has 0 saturated heterocycles. The number of rotatable bonds is 3. The summed E-state index contributed by atoms with van der Waals surface area (Å²) in [5.41, 5.74) is 1.93. The van der Waals surface area contributed by atoms with Crippen LogP contribution in [0, 0.1) is 24.1 Å². The molecule has 22 heavy (non-hydrogen) atoms. The SMILES string of the molecule is Cc1cc(-c2nc(OCC#N)c3ccccc3n2)ccc1F. The Labute approximate surface area is 126 Å². The number of aromatic nitrogens is 2. The molecule has 3 rings (SSSR count). The fourth-order valence-corrected chi connectivity index (χ4v) is 2.17. The van der Waals surface area contributed by atoms with Gasteiger partial charge in [-0.05, 0) is 42.8 Å². The first-order valence-electron chi connectivity index (χ1n) is 6.72. The van der Waals surface area contributed by atoms with E-state index in [4.69, 9.17) is 10.00 Å². The maximum Gasteiger partial charge on any atom is 0.226 e. The van der Waals surface area contributed by atoms with Gasteiger partial charge in [-0.15, -0.1) is 0 Å². The predicted octanol–water partition coefficient (Wildman–Crippen LogP) is 3.65. The van der Waals surface area contributed by atoms with E-state index in [1.54, 1.807) is 19.1 Å². The number of halogens is 1. The third-order valence-electron chi connectivity index (χ3n) is 3.26. The van der Waals surface area contributed by atoms with Crippen molar-refractivity contribution in [3.05, 3.63) is 53.8 Å². The first-order valence-corrected chi connectivity index (χ1v) is 6.72. The molecular weight excluding hydrogens is 281 g/mol. The highest BCUT2D eigenvalue weighted by molar-refractivity contribution is 5.85. The van der Waals surface area contributed by atoms with E-state index in [2.05, 4.69) is 9.97 Å². The molecule has 3 aromatic rings. The molecule has 0 radical (unpaired) electrons. The Morgan fingerprint density at radius 2 is 2.00 bits per heavy atom. The molecule has 4 nitrogen and oxygen atoms in total. The normalized spacial score (nSPS) is 10.4. The number of benzene rings is 2. The molecule has 0 aliphatic carbocycles. The summed E-state index contributed by atoms with van der Waals surface area (Å²) in [5, 5.41) is 9.43. The van der Waals surface area contributed by atoms with Crippen molar-refractivity contribution in [3.63, 3.8) is 0 Å². The molecule has 2 aromatic carbocycles. The summed E-state index contributed by atoms with van der Waals surface area (Å²) < 4.78 is 18.8. The minimum atomic E-state index is -0.273. The summed E-state index contributed by atoms with van der Waals surface area (Å²) in [4.78, 5) is 8.86. The number of nitrogens with zero attached hydrogens (tertiary/aromatic N) is 3. The van der Waals surface area contributed by atoms with Gasteiger partial charge >= 0.3 is 0 Å². The van der Waals surface area contributed by atoms with Crippen molar-refractivity contribution in [2.75, 3.05) is 6.61 Å². The minimum absolute atomic E-state index is 0.0944. The standard InChI is InChI=1S/C17H12FN3O/c1-11-10-12(6-7-14(11)18)16-20-15-5-3-2-4-13(15)17(21-16)22-9-8-19/h2-7,10H,9H2,1H3. The molecule has 5 heteroatoms. The van der Waals surface area contributed by atoms with Crippen molar-refractivity contribution in [2.24, 2.45) is 0 Å². The van der Waals surface area contributed by atoms with Gasteiger partial charge in [0, 0.05) is 5.56 Å². The second kappa shape index (κ2) is 5.78. The minimum Gasteiger partial charge on any atom is -0.462 e. The first kappa shape index (κ1) is 14.0. The lowest BCUT2D eigenvalue weighted by atomic mass is 10.1. The molecule has 0 aliphatic heterocycles. The molecule has 0 aliphatic rings. The highest BCUT2D eigenvalue weighted by Gasteiger charge is 2.11. The molecule has 1 aromatic heterocycles. The molecule has 0 N–H and O–H groups in total. The molecule has 0 amide bonds. The van der Waals surface area contributed by atoms with Crippen molar-refractivity contribution < 1.29 is 9.13 Å². The predicted molar refractivity (Wildman–Crippen MR) is 80.8 cm³/mol. The Balaban J connectivity index is 2.17. The quantitative estimate of drug-likeness (QED) is 0.739. The van der Waals surface area contributed by atoms with Crippen LogP contribution in [-0.4, -0.2) is 16.6 Å². The average Bonchev–Trinajstić information content (AvgIpc) is 2.55. The highest BCUT2D eigenvalue weighted by atomic mass is 19.1. The lowest BCUT2D eigenvalue weighted by molar-refractivity contribution is 0.358. The van der Waals surface area contributed by atoms with Crippen molar-refractivity contribution >= 4 is 10.9 Å². The second-order valence-corrected chi connectivity index (χ2v) is 4.78. The third-order valence-corrected chi connectivity index (χ3v) is 3.26. The van der Waals surface area contributed by atoms with E-state index in [0.29, 0.717) is 28.3 Å². The van der Waals surface area contributed by atoms with Gasteiger partial charge in [-0.3, -0.25) is 0 Å². The van der Waals surface area contributed by atoms with Crippen LogP contribution in [0.15, 0.2) is 42.5 Å². The number of hydrogen-bond donors (Lipinski definition) is 0. The van der Waals surface area contributed by atoms with Crippen LogP contribution < -0.4 is 4.74 Å². The lowest BCUT2D eigenvalue weighted by Gasteiger charge is -2.09. The summed E-state index contributed by atoms with van der Waals surface area (Å²) in [6, 6.07) is 14.0. The zero-order valence-corrected chi connectivity index (χ0v) is 11.9. The van der Waals surface area contributed by atoms with Crippen LogP contribution in [0.1, 0.15) is 5.56 Å². The van der Waals surface area contributed by atoms with Crippen LogP contribution >= 0.6 is 0 Å². The van der Waals surface area contributed by atoms with E-state index in [-0.39, 0.29) is 12.4 Å². The highest BCUT2D eigenvalue weighted by Crippen LogP contribution is 2.27. The van der Waals surface area contributed by atoms with Crippen molar-refractivity contribution in [2.45, 2.75) is 6.92 Å². The Morgan fingerprint density at radius 1 is 1.18 bits per heavy atom. The number of aryl methyl sites for hydroxylation is 1. The van der Waals surface area contributed by atoms with E-state index in [9.17, 15) is 4.39 Å². The Kier molecular flexibility index (Phi) is 3.67. The fraction of sp³-hybridized carbons (Fsp3) is 0.118. The molecule has 0 unspecified atom stereocenters. The Morgan fingerprint density at radius 3 is 2.77 bits per heavy atom. The van der Waals surface area contributed by atoms with Gasteiger partial charge in [0.2, 0.25) is 5.88 Å². The number of hydrogen-bond acceptors (Lipinski definition) is 4. The van der Waals surface area contributed by atoms with Gasteiger partial charge in [0.05, 0.1) is 10.9 Å². The molecule has 0 fully saturated rings. The maximum absolute atomic E-state index is 13.4. The number of nitriles is 1.